The van der Waals surface area contributed by atoms with Crippen molar-refractivity contribution >= 4 is 0 Å². The van der Waals surface area contributed by atoms with Gasteiger partial charge >= 0.3 is 0 Å². The molecule has 2 aromatic rings. The van der Waals surface area contributed by atoms with Gasteiger partial charge in [0.05, 0.1) is 6.20 Å². The van der Waals surface area contributed by atoms with Crippen LogP contribution >= 0.6 is 0 Å². The van der Waals surface area contributed by atoms with Gasteiger partial charge in [-0.3, -0.25) is 0 Å². The molecular weight excluding hydrogens is 176 g/mol. The maximum Gasteiger partial charge on any atom is 0.153 e. The molecule has 0 aliphatic heterocycles. The Labute approximate surface area is 82.4 Å². The summed E-state index contributed by atoms with van der Waals surface area (Å²) in [6.45, 7) is 2.51. The zero-order valence-electron chi connectivity index (χ0n) is 8.01. The fourth-order valence-corrected chi connectivity index (χ4v) is 1.19. The summed E-state index contributed by atoms with van der Waals surface area (Å²) in [5, 5.41) is 4.16. The molecule has 0 amide bonds. The Morgan fingerprint density at radius 2 is 2.21 bits per heavy atom. The highest BCUT2D eigenvalue weighted by Gasteiger charge is 1.99. The Balaban J connectivity index is 2.34. The van der Waals surface area contributed by atoms with Crippen LogP contribution in [-0.2, 0) is 6.54 Å². The van der Waals surface area contributed by atoms with Crippen LogP contribution in [-0.4, -0.2) is 14.8 Å². The SMILES string of the molecule is Cc1ccc(-n2cc(CN)cn2)nc1. The van der Waals surface area contributed by atoms with Crippen LogP contribution in [0.3, 0.4) is 0 Å². The maximum absolute atomic E-state index is 5.49. The third-order valence-electron chi connectivity index (χ3n) is 2.00. The highest BCUT2D eigenvalue weighted by molar-refractivity contribution is 5.24. The monoisotopic (exact) mass is 188 g/mol. The molecule has 72 valence electrons. The molecule has 0 aliphatic rings. The highest BCUT2D eigenvalue weighted by atomic mass is 15.3. The van der Waals surface area contributed by atoms with Crippen molar-refractivity contribution in [2.45, 2.75) is 13.5 Å². The van der Waals surface area contributed by atoms with Gasteiger partial charge in [-0.2, -0.15) is 5.10 Å². The number of rotatable bonds is 2. The Hall–Kier alpha value is -1.68. The van der Waals surface area contributed by atoms with Crippen LogP contribution in [0.4, 0.5) is 0 Å². The zero-order chi connectivity index (χ0) is 9.97. The number of hydrogen-bond donors (Lipinski definition) is 1. The summed E-state index contributed by atoms with van der Waals surface area (Å²) in [5.74, 6) is 0.815. The fourth-order valence-electron chi connectivity index (χ4n) is 1.19. The zero-order valence-corrected chi connectivity index (χ0v) is 8.01. The predicted octanol–water partition coefficient (Wildman–Crippen LogP) is 1.03. The van der Waals surface area contributed by atoms with Crippen molar-refractivity contribution in [3.63, 3.8) is 0 Å². The lowest BCUT2D eigenvalue weighted by Gasteiger charge is -1.99. The molecule has 0 saturated carbocycles. The molecule has 0 atom stereocenters. The molecule has 4 heteroatoms. The van der Waals surface area contributed by atoms with Gasteiger partial charge in [0.25, 0.3) is 0 Å². The van der Waals surface area contributed by atoms with Gasteiger partial charge in [0.15, 0.2) is 5.82 Å². The quantitative estimate of drug-likeness (QED) is 0.766. The second-order valence-electron chi connectivity index (χ2n) is 3.19. The molecule has 0 aliphatic carbocycles. The van der Waals surface area contributed by atoms with Crippen molar-refractivity contribution in [2.75, 3.05) is 0 Å². The summed E-state index contributed by atoms with van der Waals surface area (Å²) < 4.78 is 1.72. The molecule has 2 heterocycles. The molecule has 0 radical (unpaired) electrons. The van der Waals surface area contributed by atoms with E-state index in [0.717, 1.165) is 16.9 Å². The molecule has 4 nitrogen and oxygen atoms in total. The van der Waals surface area contributed by atoms with Gasteiger partial charge in [-0.15, -0.1) is 0 Å². The molecule has 0 spiro atoms. The smallest absolute Gasteiger partial charge is 0.153 e. The van der Waals surface area contributed by atoms with E-state index in [1.54, 1.807) is 10.9 Å². The van der Waals surface area contributed by atoms with Gasteiger partial charge in [-0.25, -0.2) is 9.67 Å². The summed E-state index contributed by atoms with van der Waals surface area (Å²) in [4.78, 5) is 4.26. The lowest BCUT2D eigenvalue weighted by atomic mass is 10.3. The van der Waals surface area contributed by atoms with Crippen molar-refractivity contribution in [1.82, 2.24) is 14.8 Å². The summed E-state index contributed by atoms with van der Waals surface area (Å²) >= 11 is 0. The van der Waals surface area contributed by atoms with E-state index < -0.39 is 0 Å². The normalized spacial score (nSPS) is 10.4. The molecule has 0 aromatic carbocycles. The fraction of sp³-hybridized carbons (Fsp3) is 0.200. The molecule has 14 heavy (non-hydrogen) atoms. The van der Waals surface area contributed by atoms with Crippen LogP contribution in [0.15, 0.2) is 30.7 Å². The Morgan fingerprint density at radius 1 is 1.36 bits per heavy atom. The molecule has 0 bridgehead atoms. The van der Waals surface area contributed by atoms with Crippen LogP contribution in [0.2, 0.25) is 0 Å². The number of nitrogens with zero attached hydrogens (tertiary/aromatic N) is 3. The van der Waals surface area contributed by atoms with Crippen molar-refractivity contribution < 1.29 is 0 Å². The second kappa shape index (κ2) is 3.59. The number of hydrogen-bond acceptors (Lipinski definition) is 3. The Kier molecular flexibility index (Phi) is 2.28. The molecular formula is C10H12N4. The third-order valence-corrected chi connectivity index (χ3v) is 2.00. The second-order valence-corrected chi connectivity index (χ2v) is 3.19. The minimum atomic E-state index is 0.506. The van der Waals surface area contributed by atoms with E-state index in [9.17, 15) is 0 Å². The summed E-state index contributed by atoms with van der Waals surface area (Å²) in [6, 6.07) is 3.94. The average molecular weight is 188 g/mol. The summed E-state index contributed by atoms with van der Waals surface area (Å²) in [6.07, 6.45) is 5.46. The van der Waals surface area contributed by atoms with Crippen LogP contribution in [0.1, 0.15) is 11.1 Å². The van der Waals surface area contributed by atoms with Gasteiger partial charge in [-0.05, 0) is 18.6 Å². The molecule has 2 rings (SSSR count). The van der Waals surface area contributed by atoms with E-state index in [4.69, 9.17) is 5.73 Å². The topological polar surface area (TPSA) is 56.7 Å². The van der Waals surface area contributed by atoms with E-state index >= 15 is 0 Å². The largest absolute Gasteiger partial charge is 0.326 e. The van der Waals surface area contributed by atoms with Crippen LogP contribution in [0.5, 0.6) is 0 Å². The van der Waals surface area contributed by atoms with E-state index in [1.807, 2.05) is 31.5 Å². The molecule has 2 aromatic heterocycles. The van der Waals surface area contributed by atoms with E-state index in [0.29, 0.717) is 6.54 Å². The van der Waals surface area contributed by atoms with Crippen LogP contribution < -0.4 is 5.73 Å². The first kappa shape index (κ1) is 8.90. The molecule has 0 fully saturated rings. The van der Waals surface area contributed by atoms with E-state index in [1.165, 1.54) is 0 Å². The van der Waals surface area contributed by atoms with E-state index in [-0.39, 0.29) is 0 Å². The third kappa shape index (κ3) is 1.65. The number of aryl methyl sites for hydroxylation is 1. The van der Waals surface area contributed by atoms with Gasteiger partial charge < -0.3 is 5.73 Å². The Bertz CT molecular complexity index is 416. The van der Waals surface area contributed by atoms with Gasteiger partial charge in [0, 0.05) is 24.5 Å². The molecule has 0 unspecified atom stereocenters. The predicted molar refractivity (Wildman–Crippen MR) is 54.0 cm³/mol. The van der Waals surface area contributed by atoms with E-state index in [2.05, 4.69) is 10.1 Å². The van der Waals surface area contributed by atoms with Crippen molar-refractivity contribution in [3.05, 3.63) is 41.9 Å². The molecule has 0 saturated heterocycles. The van der Waals surface area contributed by atoms with Crippen molar-refractivity contribution in [2.24, 2.45) is 5.73 Å². The number of aromatic nitrogens is 3. The first-order valence-electron chi connectivity index (χ1n) is 4.46. The minimum absolute atomic E-state index is 0.506. The standard InChI is InChI=1S/C10H12N4/c1-8-2-3-10(12-5-8)14-7-9(4-11)6-13-14/h2-3,5-7H,4,11H2,1H3. The lowest BCUT2D eigenvalue weighted by molar-refractivity contribution is 0.844. The lowest BCUT2D eigenvalue weighted by Crippen LogP contribution is -1.98. The Morgan fingerprint density at radius 3 is 2.79 bits per heavy atom. The van der Waals surface area contributed by atoms with Crippen molar-refractivity contribution in [3.8, 4) is 5.82 Å². The van der Waals surface area contributed by atoms with Gasteiger partial charge in [0.1, 0.15) is 0 Å². The van der Waals surface area contributed by atoms with Gasteiger partial charge in [0.2, 0.25) is 0 Å². The minimum Gasteiger partial charge on any atom is -0.326 e. The number of pyridine rings is 1. The van der Waals surface area contributed by atoms with Crippen LogP contribution in [0.25, 0.3) is 5.82 Å². The van der Waals surface area contributed by atoms with Crippen molar-refractivity contribution in [1.29, 1.82) is 0 Å². The maximum atomic E-state index is 5.49. The summed E-state index contributed by atoms with van der Waals surface area (Å²) in [5.41, 5.74) is 7.64. The summed E-state index contributed by atoms with van der Waals surface area (Å²) in [7, 11) is 0. The van der Waals surface area contributed by atoms with Crippen LogP contribution in [0, 0.1) is 6.92 Å². The first-order valence-corrected chi connectivity index (χ1v) is 4.46. The average Bonchev–Trinajstić information content (AvgIpc) is 2.67. The highest BCUT2D eigenvalue weighted by Crippen LogP contribution is 2.05. The first-order chi connectivity index (χ1) is 6.79. The number of nitrogens with two attached hydrogens (primary N) is 1. The molecule has 2 N–H and O–H groups in total. The van der Waals surface area contributed by atoms with Gasteiger partial charge in [-0.1, -0.05) is 6.07 Å².